The molecule has 0 aromatic heterocycles. The van der Waals surface area contributed by atoms with Crippen LogP contribution in [0.5, 0.6) is 0 Å². The van der Waals surface area contributed by atoms with Gasteiger partial charge < -0.3 is 19.9 Å². The molecule has 0 amide bonds. The van der Waals surface area contributed by atoms with E-state index in [0.717, 1.165) is 12.8 Å². The summed E-state index contributed by atoms with van der Waals surface area (Å²) >= 11 is 0. The van der Waals surface area contributed by atoms with Crippen LogP contribution >= 0.6 is 0 Å². The second-order valence-corrected chi connectivity index (χ2v) is 3.09. The SMILES string of the molecule is COC(COC1CC(N)C1)OC. The molecule has 0 spiro atoms. The molecule has 0 saturated heterocycles. The van der Waals surface area contributed by atoms with Gasteiger partial charge in [0, 0.05) is 20.3 Å². The highest BCUT2D eigenvalue weighted by molar-refractivity contribution is 4.82. The molecular formula is C8H17NO3. The highest BCUT2D eigenvalue weighted by Gasteiger charge is 2.27. The molecule has 0 bridgehead atoms. The van der Waals surface area contributed by atoms with Crippen LogP contribution in [-0.4, -0.2) is 39.3 Å². The van der Waals surface area contributed by atoms with Crippen LogP contribution in [0, 0.1) is 0 Å². The summed E-state index contributed by atoms with van der Waals surface area (Å²) in [7, 11) is 3.20. The molecule has 2 N–H and O–H groups in total. The van der Waals surface area contributed by atoms with Gasteiger partial charge in [-0.2, -0.15) is 0 Å². The molecule has 1 fully saturated rings. The van der Waals surface area contributed by atoms with Gasteiger partial charge in [0.1, 0.15) is 0 Å². The first kappa shape index (κ1) is 9.92. The molecule has 0 aliphatic heterocycles. The van der Waals surface area contributed by atoms with Crippen molar-refractivity contribution in [3.05, 3.63) is 0 Å². The van der Waals surface area contributed by atoms with Crippen LogP contribution in [0.15, 0.2) is 0 Å². The number of rotatable bonds is 5. The zero-order valence-corrected chi connectivity index (χ0v) is 7.66. The topological polar surface area (TPSA) is 53.7 Å². The van der Waals surface area contributed by atoms with E-state index in [9.17, 15) is 0 Å². The summed E-state index contributed by atoms with van der Waals surface area (Å²) in [5.41, 5.74) is 5.60. The van der Waals surface area contributed by atoms with E-state index in [2.05, 4.69) is 0 Å². The first-order chi connectivity index (χ1) is 5.76. The Morgan fingerprint density at radius 2 is 1.92 bits per heavy atom. The van der Waals surface area contributed by atoms with Gasteiger partial charge in [-0.15, -0.1) is 0 Å². The van der Waals surface area contributed by atoms with Gasteiger partial charge in [-0.3, -0.25) is 0 Å². The van der Waals surface area contributed by atoms with E-state index < -0.39 is 0 Å². The first-order valence-electron chi connectivity index (χ1n) is 4.19. The van der Waals surface area contributed by atoms with Crippen LogP contribution in [0.2, 0.25) is 0 Å². The fourth-order valence-electron chi connectivity index (χ4n) is 1.19. The van der Waals surface area contributed by atoms with E-state index in [4.69, 9.17) is 19.9 Å². The number of methoxy groups -OCH3 is 2. The molecule has 1 aliphatic rings. The zero-order chi connectivity index (χ0) is 8.97. The van der Waals surface area contributed by atoms with Crippen molar-refractivity contribution >= 4 is 0 Å². The van der Waals surface area contributed by atoms with Gasteiger partial charge in [0.2, 0.25) is 0 Å². The molecule has 4 nitrogen and oxygen atoms in total. The molecule has 1 rings (SSSR count). The highest BCUT2D eigenvalue weighted by atomic mass is 16.7. The number of ether oxygens (including phenoxy) is 3. The van der Waals surface area contributed by atoms with Crippen LogP contribution in [0.4, 0.5) is 0 Å². The number of hydrogen-bond acceptors (Lipinski definition) is 4. The summed E-state index contributed by atoms with van der Waals surface area (Å²) in [5.74, 6) is 0. The number of hydrogen-bond donors (Lipinski definition) is 1. The van der Waals surface area contributed by atoms with E-state index in [0.29, 0.717) is 18.8 Å². The summed E-state index contributed by atoms with van der Waals surface area (Å²) in [4.78, 5) is 0. The molecule has 1 aliphatic carbocycles. The normalized spacial score (nSPS) is 29.0. The minimum absolute atomic E-state index is 0.248. The lowest BCUT2D eigenvalue weighted by molar-refractivity contribution is -0.160. The quantitative estimate of drug-likeness (QED) is 0.603. The Labute approximate surface area is 73.0 Å². The average Bonchev–Trinajstić information content (AvgIpc) is 2.03. The first-order valence-corrected chi connectivity index (χ1v) is 4.19. The Bertz CT molecular complexity index is 121. The maximum Gasteiger partial charge on any atom is 0.180 e. The maximum absolute atomic E-state index is 5.60. The van der Waals surface area contributed by atoms with Gasteiger partial charge in [-0.1, -0.05) is 0 Å². The minimum atomic E-state index is -0.248. The summed E-state index contributed by atoms with van der Waals surface area (Å²) in [6.07, 6.45) is 1.98. The third-order valence-electron chi connectivity index (χ3n) is 2.13. The lowest BCUT2D eigenvalue weighted by atomic mass is 9.90. The highest BCUT2D eigenvalue weighted by Crippen LogP contribution is 2.21. The van der Waals surface area contributed by atoms with E-state index in [-0.39, 0.29) is 6.29 Å². The lowest BCUT2D eigenvalue weighted by Gasteiger charge is -2.32. The van der Waals surface area contributed by atoms with Gasteiger partial charge >= 0.3 is 0 Å². The van der Waals surface area contributed by atoms with Gasteiger partial charge in [-0.05, 0) is 12.8 Å². The average molecular weight is 175 g/mol. The zero-order valence-electron chi connectivity index (χ0n) is 7.66. The third kappa shape index (κ3) is 2.71. The second-order valence-electron chi connectivity index (χ2n) is 3.09. The Morgan fingerprint density at radius 3 is 2.33 bits per heavy atom. The molecule has 0 aromatic rings. The van der Waals surface area contributed by atoms with Crippen molar-refractivity contribution in [2.75, 3.05) is 20.8 Å². The van der Waals surface area contributed by atoms with Crippen LogP contribution in [0.3, 0.4) is 0 Å². The van der Waals surface area contributed by atoms with Crippen LogP contribution < -0.4 is 5.73 Å². The predicted octanol–water partition coefficient (Wildman–Crippen LogP) is 0.112. The summed E-state index contributed by atoms with van der Waals surface area (Å²) in [6, 6.07) is 0.332. The molecule has 0 unspecified atom stereocenters. The van der Waals surface area contributed by atoms with Crippen LogP contribution in [0.1, 0.15) is 12.8 Å². The summed E-state index contributed by atoms with van der Waals surface area (Å²) < 4.78 is 15.4. The third-order valence-corrected chi connectivity index (χ3v) is 2.13. The van der Waals surface area contributed by atoms with Crippen molar-refractivity contribution in [3.8, 4) is 0 Å². The summed E-state index contributed by atoms with van der Waals surface area (Å²) in [5, 5.41) is 0. The van der Waals surface area contributed by atoms with Crippen LogP contribution in [-0.2, 0) is 14.2 Å². The number of nitrogens with two attached hydrogens (primary N) is 1. The molecule has 72 valence electrons. The van der Waals surface area contributed by atoms with Crippen molar-refractivity contribution in [3.63, 3.8) is 0 Å². The van der Waals surface area contributed by atoms with Crippen molar-refractivity contribution in [2.45, 2.75) is 31.3 Å². The van der Waals surface area contributed by atoms with E-state index in [1.165, 1.54) is 0 Å². The Kier molecular flexibility index (Phi) is 3.94. The Hall–Kier alpha value is -0.160. The predicted molar refractivity (Wildman–Crippen MR) is 44.8 cm³/mol. The Morgan fingerprint density at radius 1 is 1.33 bits per heavy atom. The molecular weight excluding hydrogens is 158 g/mol. The van der Waals surface area contributed by atoms with Crippen molar-refractivity contribution < 1.29 is 14.2 Å². The Balaban J connectivity index is 2.01. The molecule has 1 saturated carbocycles. The van der Waals surface area contributed by atoms with Gasteiger partial charge in [0.25, 0.3) is 0 Å². The molecule has 12 heavy (non-hydrogen) atoms. The van der Waals surface area contributed by atoms with Crippen LogP contribution in [0.25, 0.3) is 0 Å². The van der Waals surface area contributed by atoms with Crippen molar-refractivity contribution in [1.29, 1.82) is 0 Å². The molecule has 0 atom stereocenters. The van der Waals surface area contributed by atoms with E-state index >= 15 is 0 Å². The molecule has 4 heteroatoms. The van der Waals surface area contributed by atoms with Gasteiger partial charge in [-0.25, -0.2) is 0 Å². The van der Waals surface area contributed by atoms with E-state index in [1.54, 1.807) is 14.2 Å². The minimum Gasteiger partial charge on any atom is -0.373 e. The molecule has 0 radical (unpaired) electrons. The largest absolute Gasteiger partial charge is 0.373 e. The fraction of sp³-hybridized carbons (Fsp3) is 1.00. The monoisotopic (exact) mass is 175 g/mol. The smallest absolute Gasteiger partial charge is 0.180 e. The molecule has 0 heterocycles. The van der Waals surface area contributed by atoms with Crippen molar-refractivity contribution in [1.82, 2.24) is 0 Å². The van der Waals surface area contributed by atoms with Gasteiger partial charge in [0.15, 0.2) is 6.29 Å². The fourth-order valence-corrected chi connectivity index (χ4v) is 1.19. The van der Waals surface area contributed by atoms with E-state index in [1.807, 2.05) is 0 Å². The molecule has 0 aromatic carbocycles. The lowest BCUT2D eigenvalue weighted by Crippen LogP contribution is -2.42. The summed E-state index contributed by atoms with van der Waals surface area (Å²) in [6.45, 7) is 0.490. The maximum atomic E-state index is 5.60. The second kappa shape index (κ2) is 4.77. The standard InChI is InChI=1S/C8H17NO3/c1-10-8(11-2)5-12-7-3-6(9)4-7/h6-8H,3-5,9H2,1-2H3. The van der Waals surface area contributed by atoms with Gasteiger partial charge in [0.05, 0.1) is 12.7 Å². The van der Waals surface area contributed by atoms with Crippen molar-refractivity contribution in [2.24, 2.45) is 5.73 Å².